The quantitative estimate of drug-likeness (QED) is 0.190. The summed E-state index contributed by atoms with van der Waals surface area (Å²) in [5, 5.41) is 16.0. The summed E-state index contributed by atoms with van der Waals surface area (Å²) >= 11 is 4.93. The minimum absolute atomic E-state index is 0.0159. The van der Waals surface area contributed by atoms with E-state index in [4.69, 9.17) is 19.6 Å². The van der Waals surface area contributed by atoms with Crippen LogP contribution in [-0.2, 0) is 4.79 Å². The van der Waals surface area contributed by atoms with E-state index in [2.05, 4.69) is 32.9 Å². The van der Waals surface area contributed by atoms with Crippen LogP contribution in [0.3, 0.4) is 0 Å². The predicted molar refractivity (Wildman–Crippen MR) is 161 cm³/mol. The van der Waals surface area contributed by atoms with Gasteiger partial charge in [-0.05, 0) is 83.4 Å². The number of hydrogen-bond acceptors (Lipinski definition) is 7. The van der Waals surface area contributed by atoms with Crippen LogP contribution in [0.25, 0.3) is 6.08 Å². The van der Waals surface area contributed by atoms with Gasteiger partial charge in [0, 0.05) is 0 Å². The summed E-state index contributed by atoms with van der Waals surface area (Å²) in [4.78, 5) is 17.0. The molecule has 0 saturated heterocycles. The van der Waals surface area contributed by atoms with Crippen LogP contribution in [0.5, 0.6) is 17.2 Å². The highest BCUT2D eigenvalue weighted by Gasteiger charge is 2.35. The van der Waals surface area contributed by atoms with Gasteiger partial charge in [-0.3, -0.25) is 10.2 Å². The molecule has 0 unspecified atom stereocenters. The second kappa shape index (κ2) is 13.8. The monoisotopic (exact) mass is 612 g/mol. The maximum Gasteiger partial charge on any atom is 0.283 e. The molecule has 2 aromatic carbocycles. The number of methoxy groups -OCH3 is 1. The number of amides is 1. The molecule has 0 atom stereocenters. The number of nitrogens with one attached hydrogen (secondary N) is 1. The summed E-state index contributed by atoms with van der Waals surface area (Å²) in [5.74, 6) is 1.36. The molecule has 4 rings (SSSR count). The van der Waals surface area contributed by atoms with Gasteiger partial charge < -0.3 is 14.2 Å². The highest BCUT2D eigenvalue weighted by atomic mass is 79.9. The number of hydrogen-bond donors (Lipinski definition) is 1. The van der Waals surface area contributed by atoms with Crippen molar-refractivity contribution < 1.29 is 19.0 Å². The number of carbonyl (C=O) groups excluding carboxylic acids is 1. The Morgan fingerprint density at radius 2 is 1.82 bits per heavy atom. The number of amidine groups is 2. The summed E-state index contributed by atoms with van der Waals surface area (Å²) in [6.45, 7) is 4.91. The zero-order valence-corrected chi connectivity index (χ0v) is 24.9. The molecular formula is C29H33BrN4O4S. The average molecular weight is 614 g/mol. The van der Waals surface area contributed by atoms with E-state index in [0.29, 0.717) is 39.9 Å². The Labute approximate surface area is 242 Å². The molecule has 2 heterocycles. The number of carbonyl (C=O) groups is 1. The van der Waals surface area contributed by atoms with Crippen molar-refractivity contribution in [2.75, 3.05) is 20.3 Å². The summed E-state index contributed by atoms with van der Waals surface area (Å²) in [6.07, 6.45) is 8.30. The summed E-state index contributed by atoms with van der Waals surface area (Å²) in [7, 11) is 1.55. The van der Waals surface area contributed by atoms with Crippen molar-refractivity contribution in [2.45, 2.75) is 52.4 Å². The number of aryl methyl sites for hydroxylation is 1. The van der Waals surface area contributed by atoms with Gasteiger partial charge in [0.2, 0.25) is 5.17 Å². The molecule has 206 valence electrons. The lowest BCUT2D eigenvalue weighted by molar-refractivity contribution is -0.114. The fraction of sp³-hybridized carbons (Fsp3) is 0.379. The fourth-order valence-electron chi connectivity index (χ4n) is 4.08. The van der Waals surface area contributed by atoms with Gasteiger partial charge in [-0.25, -0.2) is 0 Å². The van der Waals surface area contributed by atoms with Crippen molar-refractivity contribution in [3.63, 3.8) is 0 Å². The molecule has 0 saturated carbocycles. The number of halogens is 1. The molecule has 2 aliphatic rings. The van der Waals surface area contributed by atoms with Crippen LogP contribution in [0.4, 0.5) is 0 Å². The van der Waals surface area contributed by atoms with Crippen molar-refractivity contribution in [2.24, 2.45) is 10.1 Å². The van der Waals surface area contributed by atoms with E-state index in [1.807, 2.05) is 37.3 Å². The third-order valence-corrected chi connectivity index (χ3v) is 7.73. The van der Waals surface area contributed by atoms with E-state index in [0.717, 1.165) is 30.1 Å². The molecule has 39 heavy (non-hydrogen) atoms. The van der Waals surface area contributed by atoms with E-state index in [1.165, 1.54) is 41.6 Å². The van der Waals surface area contributed by atoms with Gasteiger partial charge in [-0.1, -0.05) is 50.3 Å². The van der Waals surface area contributed by atoms with Gasteiger partial charge in [-0.2, -0.15) is 15.1 Å². The molecular weight excluding hydrogens is 580 g/mol. The third kappa shape index (κ3) is 7.51. The largest absolute Gasteiger partial charge is 0.493 e. The van der Waals surface area contributed by atoms with Crippen LogP contribution in [0.15, 0.2) is 56.5 Å². The van der Waals surface area contributed by atoms with Crippen molar-refractivity contribution in [3.05, 3.63) is 57.6 Å². The first-order valence-corrected chi connectivity index (χ1v) is 14.7. The van der Waals surface area contributed by atoms with Crippen molar-refractivity contribution in [3.8, 4) is 17.2 Å². The minimum Gasteiger partial charge on any atom is -0.493 e. The predicted octanol–water partition coefficient (Wildman–Crippen LogP) is 7.20. The molecule has 1 N–H and O–H groups in total. The van der Waals surface area contributed by atoms with Crippen LogP contribution < -0.4 is 14.2 Å². The SMILES string of the molecule is CCCCCCCC1=NN2C(=N)/C(=C/c3cc(Br)c(OCCOc4ccc(C)cc4)c(OC)c3)C(=O)N=C2S1. The molecule has 10 heteroatoms. The number of nitrogens with zero attached hydrogens (tertiary/aromatic N) is 3. The molecule has 0 bridgehead atoms. The van der Waals surface area contributed by atoms with Crippen LogP contribution >= 0.6 is 27.7 Å². The molecule has 1 amide bonds. The normalized spacial score (nSPS) is 15.8. The number of thioether (sulfide) groups is 1. The molecule has 2 aromatic rings. The molecule has 0 spiro atoms. The number of benzene rings is 2. The molecule has 0 fully saturated rings. The minimum atomic E-state index is -0.457. The van der Waals surface area contributed by atoms with Gasteiger partial charge in [-0.15, -0.1) is 0 Å². The number of ether oxygens (including phenoxy) is 3. The standard InChI is InChI=1S/C29H33BrN4O4S/c1-4-5-6-7-8-9-25-33-34-27(31)22(28(35)32-29(34)39-25)16-20-17-23(30)26(24(18-20)36-3)38-15-14-37-21-12-10-19(2)11-13-21/h10-13,16-18,31H,4-9,14-15H2,1-3H3/b22-16-,31-27?. The van der Waals surface area contributed by atoms with Gasteiger partial charge >= 0.3 is 0 Å². The Kier molecular flexibility index (Phi) is 10.2. The first kappa shape index (κ1) is 28.9. The number of unbranched alkanes of at least 4 members (excludes halogenated alkanes) is 4. The Hall–Kier alpha value is -3.11. The lowest BCUT2D eigenvalue weighted by Crippen LogP contribution is -2.35. The smallest absolute Gasteiger partial charge is 0.283 e. The summed E-state index contributed by atoms with van der Waals surface area (Å²) in [6, 6.07) is 11.4. The number of hydrazone groups is 1. The Morgan fingerprint density at radius 3 is 2.56 bits per heavy atom. The third-order valence-electron chi connectivity index (χ3n) is 6.17. The molecule has 0 radical (unpaired) electrons. The van der Waals surface area contributed by atoms with Crippen LogP contribution in [0, 0.1) is 12.3 Å². The molecule has 0 aliphatic carbocycles. The number of fused-ring (bicyclic) bond motifs is 1. The van der Waals surface area contributed by atoms with Gasteiger partial charge in [0.1, 0.15) is 24.0 Å². The lowest BCUT2D eigenvalue weighted by Gasteiger charge is -2.20. The van der Waals surface area contributed by atoms with Crippen LogP contribution in [0.1, 0.15) is 56.6 Å². The lowest BCUT2D eigenvalue weighted by atomic mass is 10.1. The van der Waals surface area contributed by atoms with E-state index in [1.54, 1.807) is 19.3 Å². The second-order valence-electron chi connectivity index (χ2n) is 9.22. The topological polar surface area (TPSA) is 96.6 Å². The molecule has 8 nitrogen and oxygen atoms in total. The van der Waals surface area contributed by atoms with Crippen molar-refractivity contribution in [1.29, 1.82) is 5.41 Å². The zero-order chi connectivity index (χ0) is 27.8. The first-order chi connectivity index (χ1) is 18.9. The van der Waals surface area contributed by atoms with E-state index >= 15 is 0 Å². The van der Waals surface area contributed by atoms with Crippen molar-refractivity contribution in [1.82, 2.24) is 5.01 Å². The zero-order valence-electron chi connectivity index (χ0n) is 22.5. The van der Waals surface area contributed by atoms with E-state index in [9.17, 15) is 4.79 Å². The first-order valence-electron chi connectivity index (χ1n) is 13.1. The van der Waals surface area contributed by atoms with E-state index < -0.39 is 5.91 Å². The maximum atomic E-state index is 12.8. The maximum absolute atomic E-state index is 12.8. The Balaban J connectivity index is 1.41. The van der Waals surface area contributed by atoms with Crippen molar-refractivity contribution >= 4 is 55.7 Å². The van der Waals surface area contributed by atoms with Gasteiger partial charge in [0.25, 0.3) is 5.91 Å². The fourth-order valence-corrected chi connectivity index (χ4v) is 5.58. The second-order valence-corrected chi connectivity index (χ2v) is 11.1. The molecule has 2 aliphatic heterocycles. The van der Waals surface area contributed by atoms with Gasteiger partial charge in [0.15, 0.2) is 17.3 Å². The van der Waals surface area contributed by atoms with E-state index in [-0.39, 0.29) is 11.4 Å². The van der Waals surface area contributed by atoms with Gasteiger partial charge in [0.05, 0.1) is 17.2 Å². The van der Waals surface area contributed by atoms with Crippen LogP contribution in [-0.4, -0.2) is 47.3 Å². The highest BCUT2D eigenvalue weighted by molar-refractivity contribution is 9.10. The summed E-state index contributed by atoms with van der Waals surface area (Å²) in [5.41, 5.74) is 2.01. The average Bonchev–Trinajstić information content (AvgIpc) is 3.33. The molecule has 0 aromatic heterocycles. The summed E-state index contributed by atoms with van der Waals surface area (Å²) < 4.78 is 17.9. The highest BCUT2D eigenvalue weighted by Crippen LogP contribution is 2.38. The number of aliphatic imine (C=N–C) groups is 1. The Morgan fingerprint density at radius 1 is 1.08 bits per heavy atom. The number of rotatable bonds is 13. The van der Waals surface area contributed by atoms with Crippen LogP contribution in [0.2, 0.25) is 0 Å². The Bertz CT molecular complexity index is 1310.